The van der Waals surface area contributed by atoms with Gasteiger partial charge in [-0.3, -0.25) is 14.6 Å². The minimum absolute atomic E-state index is 0.162. The van der Waals surface area contributed by atoms with E-state index in [4.69, 9.17) is 11.6 Å². The molecule has 0 unspecified atom stereocenters. The molecule has 0 aliphatic carbocycles. The molecule has 3 rings (SSSR count). The number of nitrogens with one attached hydrogen (secondary N) is 2. The van der Waals surface area contributed by atoms with Crippen molar-refractivity contribution in [1.82, 2.24) is 20.3 Å². The van der Waals surface area contributed by atoms with Crippen LogP contribution in [0.25, 0.3) is 5.69 Å². The number of carbonyl (C=O) groups excluding carboxylic acids is 2. The van der Waals surface area contributed by atoms with Crippen molar-refractivity contribution in [3.63, 3.8) is 0 Å². The molecule has 7 nitrogen and oxygen atoms in total. The molecule has 2 N–H and O–H groups in total. The molecule has 0 spiro atoms. The second-order valence-electron chi connectivity index (χ2n) is 6.32. The van der Waals surface area contributed by atoms with Gasteiger partial charge in [-0.2, -0.15) is 5.10 Å². The normalized spacial score (nSPS) is 10.9. The molecule has 3 aromatic rings. The minimum atomic E-state index is -0.850. The molecule has 0 fully saturated rings. The zero-order valence-electron chi connectivity index (χ0n) is 16.0. The summed E-state index contributed by atoms with van der Waals surface area (Å²) in [7, 11) is 0. The van der Waals surface area contributed by atoms with Crippen molar-refractivity contribution in [3.8, 4) is 5.69 Å². The van der Waals surface area contributed by atoms with Gasteiger partial charge < -0.3 is 9.88 Å². The van der Waals surface area contributed by atoms with Crippen LogP contribution in [0.1, 0.15) is 22.6 Å². The van der Waals surface area contributed by atoms with Crippen LogP contribution in [0, 0.1) is 13.8 Å². The van der Waals surface area contributed by atoms with Crippen molar-refractivity contribution in [2.24, 2.45) is 5.10 Å². The van der Waals surface area contributed by atoms with Crippen LogP contribution >= 0.6 is 11.6 Å². The maximum absolute atomic E-state index is 11.9. The molecule has 2 aromatic heterocycles. The van der Waals surface area contributed by atoms with Gasteiger partial charge in [0.15, 0.2) is 0 Å². The predicted molar refractivity (Wildman–Crippen MR) is 112 cm³/mol. The smallest absolute Gasteiger partial charge is 0.329 e. The lowest BCUT2D eigenvalue weighted by Crippen LogP contribution is -2.37. The Morgan fingerprint density at radius 2 is 1.90 bits per heavy atom. The third kappa shape index (κ3) is 4.89. The van der Waals surface area contributed by atoms with E-state index in [1.54, 1.807) is 24.4 Å². The van der Waals surface area contributed by atoms with Crippen molar-refractivity contribution >= 4 is 29.6 Å². The van der Waals surface area contributed by atoms with Gasteiger partial charge in [-0.1, -0.05) is 29.8 Å². The average Bonchev–Trinajstić information content (AvgIpc) is 3.00. The molecule has 29 heavy (non-hydrogen) atoms. The Bertz CT molecular complexity index is 1060. The third-order valence-electron chi connectivity index (χ3n) is 4.30. The number of rotatable bonds is 5. The highest BCUT2D eigenvalue weighted by Crippen LogP contribution is 2.25. The highest BCUT2D eigenvalue weighted by molar-refractivity contribution is 6.35. The number of amides is 2. The highest BCUT2D eigenvalue weighted by Gasteiger charge is 2.14. The lowest BCUT2D eigenvalue weighted by atomic mass is 10.2. The van der Waals surface area contributed by atoms with Crippen molar-refractivity contribution in [1.29, 1.82) is 0 Å². The van der Waals surface area contributed by atoms with Gasteiger partial charge in [0, 0.05) is 23.1 Å². The van der Waals surface area contributed by atoms with Crippen LogP contribution in [-0.2, 0) is 16.1 Å². The van der Waals surface area contributed by atoms with E-state index in [0.717, 1.165) is 22.6 Å². The van der Waals surface area contributed by atoms with E-state index in [1.807, 2.05) is 48.7 Å². The summed E-state index contributed by atoms with van der Waals surface area (Å²) in [4.78, 5) is 27.8. The number of pyridine rings is 1. The van der Waals surface area contributed by atoms with Crippen molar-refractivity contribution in [3.05, 3.63) is 82.4 Å². The molecule has 0 bridgehead atoms. The Kier molecular flexibility index (Phi) is 6.41. The topological polar surface area (TPSA) is 88.4 Å². The predicted octanol–water partition coefficient (Wildman–Crippen LogP) is 2.91. The average molecular weight is 410 g/mol. The number of carbonyl (C=O) groups is 2. The molecule has 0 saturated heterocycles. The molecule has 2 heterocycles. The lowest BCUT2D eigenvalue weighted by molar-refractivity contribution is -0.139. The van der Waals surface area contributed by atoms with Crippen LogP contribution in [0.2, 0.25) is 5.02 Å². The maximum atomic E-state index is 11.9. The summed E-state index contributed by atoms with van der Waals surface area (Å²) in [5, 5.41) is 7.03. The number of hydrazone groups is 1. The molecule has 0 atom stereocenters. The molecule has 0 aliphatic heterocycles. The van der Waals surface area contributed by atoms with E-state index in [0.29, 0.717) is 10.7 Å². The molecule has 0 radical (unpaired) electrons. The van der Waals surface area contributed by atoms with Gasteiger partial charge in [0.1, 0.15) is 0 Å². The second-order valence-corrected chi connectivity index (χ2v) is 6.72. The van der Waals surface area contributed by atoms with E-state index in [1.165, 1.54) is 6.21 Å². The summed E-state index contributed by atoms with van der Waals surface area (Å²) in [5.41, 5.74) is 6.44. The molecular formula is C21H20ClN5O2. The van der Waals surface area contributed by atoms with Gasteiger partial charge in [-0.05, 0) is 44.2 Å². The second kappa shape index (κ2) is 9.16. The van der Waals surface area contributed by atoms with E-state index in [2.05, 4.69) is 20.8 Å². The summed E-state index contributed by atoms with van der Waals surface area (Å²) in [6.45, 7) is 4.05. The number of aromatic nitrogens is 2. The third-order valence-corrected chi connectivity index (χ3v) is 4.62. The fourth-order valence-electron chi connectivity index (χ4n) is 2.89. The summed E-state index contributed by atoms with van der Waals surface area (Å²) in [5.74, 6) is -1.63. The summed E-state index contributed by atoms with van der Waals surface area (Å²) >= 11 is 6.31. The van der Waals surface area contributed by atoms with Crippen LogP contribution in [0.3, 0.4) is 0 Å². The van der Waals surface area contributed by atoms with Gasteiger partial charge in [0.2, 0.25) is 0 Å². The molecule has 1 aromatic carbocycles. The number of hydrogen-bond donors (Lipinski definition) is 2. The van der Waals surface area contributed by atoms with Crippen LogP contribution < -0.4 is 10.7 Å². The Morgan fingerprint density at radius 1 is 1.14 bits per heavy atom. The minimum Gasteiger partial charge on any atom is -0.342 e. The highest BCUT2D eigenvalue weighted by atomic mass is 35.5. The molecule has 148 valence electrons. The molecule has 0 saturated carbocycles. The number of benzene rings is 1. The molecule has 8 heteroatoms. The zero-order valence-corrected chi connectivity index (χ0v) is 16.8. The van der Waals surface area contributed by atoms with Gasteiger partial charge in [-0.15, -0.1) is 0 Å². The van der Waals surface area contributed by atoms with Gasteiger partial charge in [0.25, 0.3) is 0 Å². The summed E-state index contributed by atoms with van der Waals surface area (Å²) < 4.78 is 2.01. The quantitative estimate of drug-likeness (QED) is 0.386. The van der Waals surface area contributed by atoms with E-state index in [-0.39, 0.29) is 6.54 Å². The Hall–Kier alpha value is -3.45. The fraction of sp³-hybridized carbons (Fsp3) is 0.143. The summed E-state index contributed by atoms with van der Waals surface area (Å²) in [6.07, 6.45) is 3.12. The first-order valence-corrected chi connectivity index (χ1v) is 9.30. The Morgan fingerprint density at radius 3 is 2.62 bits per heavy atom. The maximum Gasteiger partial charge on any atom is 0.329 e. The zero-order chi connectivity index (χ0) is 20.8. The number of nitrogens with zero attached hydrogens (tertiary/aromatic N) is 3. The Balaban J connectivity index is 1.63. The first kappa shape index (κ1) is 20.3. The Labute approximate surface area is 173 Å². The van der Waals surface area contributed by atoms with Crippen LogP contribution in [0.4, 0.5) is 0 Å². The number of halogens is 1. The van der Waals surface area contributed by atoms with Crippen molar-refractivity contribution < 1.29 is 9.59 Å². The molecular weight excluding hydrogens is 390 g/mol. The number of para-hydroxylation sites is 1. The van der Waals surface area contributed by atoms with Crippen molar-refractivity contribution in [2.75, 3.05) is 0 Å². The van der Waals surface area contributed by atoms with E-state index >= 15 is 0 Å². The largest absolute Gasteiger partial charge is 0.342 e. The molecule has 0 aliphatic rings. The van der Waals surface area contributed by atoms with Gasteiger partial charge in [0.05, 0.1) is 29.2 Å². The van der Waals surface area contributed by atoms with Crippen molar-refractivity contribution in [2.45, 2.75) is 20.4 Å². The van der Waals surface area contributed by atoms with Crippen LogP contribution in [0.5, 0.6) is 0 Å². The van der Waals surface area contributed by atoms with Gasteiger partial charge >= 0.3 is 11.8 Å². The summed E-state index contributed by atoms with van der Waals surface area (Å²) in [6, 6.07) is 14.8. The lowest BCUT2D eigenvalue weighted by Gasteiger charge is -2.11. The van der Waals surface area contributed by atoms with E-state index < -0.39 is 11.8 Å². The SMILES string of the molecule is Cc1cc(/C=N\NC(=O)C(=O)NCc2ccccn2)c(C)n1-c1ccccc1Cl. The van der Waals surface area contributed by atoms with Gasteiger partial charge in [-0.25, -0.2) is 5.43 Å². The van der Waals surface area contributed by atoms with E-state index in [9.17, 15) is 9.59 Å². The standard InChI is InChI=1S/C21H20ClN5O2/c1-14-11-16(15(2)27(14)19-9-4-3-8-18(19)22)12-25-26-21(29)20(28)24-13-17-7-5-6-10-23-17/h3-12H,13H2,1-2H3,(H,24,28)(H,26,29)/b25-12-. The monoisotopic (exact) mass is 409 g/mol. The van der Waals surface area contributed by atoms with Crippen LogP contribution in [0.15, 0.2) is 59.8 Å². The first-order chi connectivity index (χ1) is 14.0. The number of aryl methyl sites for hydroxylation is 1. The molecule has 2 amide bonds. The number of hydrogen-bond acceptors (Lipinski definition) is 4. The fourth-order valence-corrected chi connectivity index (χ4v) is 3.11. The van der Waals surface area contributed by atoms with Crippen LogP contribution in [-0.4, -0.2) is 27.6 Å². The first-order valence-electron chi connectivity index (χ1n) is 8.92.